The summed E-state index contributed by atoms with van der Waals surface area (Å²) >= 11 is 0. The third kappa shape index (κ3) is 8.69. The first-order chi connectivity index (χ1) is 13.3. The number of nitrogens with one attached hydrogen (secondary N) is 2. The smallest absolute Gasteiger partial charge is 0.191 e. The molecule has 3 heterocycles. The van der Waals surface area contributed by atoms with Gasteiger partial charge in [-0.25, -0.2) is 0 Å². The fourth-order valence-electron chi connectivity index (χ4n) is 4.09. The Morgan fingerprint density at radius 1 is 1.07 bits per heavy atom. The summed E-state index contributed by atoms with van der Waals surface area (Å²) in [6.07, 6.45) is 5.73. The van der Waals surface area contributed by atoms with Gasteiger partial charge in [0.1, 0.15) is 0 Å². The van der Waals surface area contributed by atoms with Crippen LogP contribution in [0.15, 0.2) is 4.99 Å². The molecule has 3 aliphatic heterocycles. The monoisotopic (exact) mass is 510 g/mol. The van der Waals surface area contributed by atoms with E-state index in [2.05, 4.69) is 20.5 Å². The average Bonchev–Trinajstić information content (AvgIpc) is 3.39. The van der Waals surface area contributed by atoms with Crippen molar-refractivity contribution < 1.29 is 14.2 Å². The van der Waals surface area contributed by atoms with Crippen LogP contribution < -0.4 is 10.6 Å². The number of hydrogen-bond donors (Lipinski definition) is 2. The summed E-state index contributed by atoms with van der Waals surface area (Å²) in [5.74, 6) is 2.26. The minimum absolute atomic E-state index is 0. The maximum absolute atomic E-state index is 5.75. The van der Waals surface area contributed by atoms with Crippen LogP contribution in [0.3, 0.4) is 0 Å². The van der Waals surface area contributed by atoms with Crippen molar-refractivity contribution in [1.82, 2.24) is 15.5 Å². The van der Waals surface area contributed by atoms with E-state index in [9.17, 15) is 0 Å². The van der Waals surface area contributed by atoms with Crippen LogP contribution in [0.5, 0.6) is 0 Å². The summed E-state index contributed by atoms with van der Waals surface area (Å²) in [5.41, 5.74) is 0. The zero-order chi connectivity index (χ0) is 18.7. The summed E-state index contributed by atoms with van der Waals surface area (Å²) in [7, 11) is 1.85. The van der Waals surface area contributed by atoms with Crippen molar-refractivity contribution in [2.75, 3.05) is 72.9 Å². The van der Waals surface area contributed by atoms with Crippen LogP contribution in [-0.4, -0.2) is 89.8 Å². The van der Waals surface area contributed by atoms with Gasteiger partial charge in [0.05, 0.1) is 19.8 Å². The fourth-order valence-corrected chi connectivity index (χ4v) is 4.09. The van der Waals surface area contributed by atoms with Gasteiger partial charge < -0.3 is 29.7 Å². The first-order valence-corrected chi connectivity index (χ1v) is 10.8. The van der Waals surface area contributed by atoms with E-state index < -0.39 is 0 Å². The average molecular weight is 510 g/mol. The van der Waals surface area contributed by atoms with E-state index >= 15 is 0 Å². The minimum atomic E-state index is 0. The maximum Gasteiger partial charge on any atom is 0.191 e. The molecule has 28 heavy (non-hydrogen) atoms. The molecule has 0 amide bonds. The number of likely N-dealkylation sites (tertiary alicyclic amines) is 1. The van der Waals surface area contributed by atoms with Crippen molar-refractivity contribution in [1.29, 1.82) is 0 Å². The Morgan fingerprint density at radius 3 is 2.43 bits per heavy atom. The highest BCUT2D eigenvalue weighted by Crippen LogP contribution is 2.17. The first-order valence-electron chi connectivity index (χ1n) is 10.8. The summed E-state index contributed by atoms with van der Waals surface area (Å²) < 4.78 is 16.6. The van der Waals surface area contributed by atoms with Gasteiger partial charge in [-0.15, -0.1) is 24.0 Å². The van der Waals surface area contributed by atoms with Crippen LogP contribution in [0, 0.1) is 11.8 Å². The van der Waals surface area contributed by atoms with Gasteiger partial charge in [-0.05, 0) is 38.0 Å². The predicted molar refractivity (Wildman–Crippen MR) is 123 cm³/mol. The van der Waals surface area contributed by atoms with Crippen LogP contribution in [-0.2, 0) is 14.2 Å². The molecule has 3 rings (SSSR count). The summed E-state index contributed by atoms with van der Waals surface area (Å²) in [6, 6.07) is 0.519. The Labute approximate surface area is 187 Å². The van der Waals surface area contributed by atoms with Crippen molar-refractivity contribution in [2.45, 2.75) is 38.1 Å². The van der Waals surface area contributed by atoms with Crippen LogP contribution in [0.1, 0.15) is 32.1 Å². The quantitative estimate of drug-likeness (QED) is 0.213. The Kier molecular flexibility index (Phi) is 12.0. The van der Waals surface area contributed by atoms with Crippen molar-refractivity contribution in [2.24, 2.45) is 16.8 Å². The van der Waals surface area contributed by atoms with E-state index in [-0.39, 0.29) is 24.0 Å². The molecule has 0 aromatic heterocycles. The van der Waals surface area contributed by atoms with Gasteiger partial charge in [0.25, 0.3) is 0 Å². The number of piperidine rings is 1. The zero-order valence-corrected chi connectivity index (χ0v) is 19.7. The number of halogens is 1. The number of aliphatic imine (C=N–C) groups is 1. The second-order valence-corrected chi connectivity index (χ2v) is 8.11. The molecule has 8 heteroatoms. The lowest BCUT2D eigenvalue weighted by molar-refractivity contribution is 0.0888. The molecule has 3 aliphatic rings. The van der Waals surface area contributed by atoms with Crippen LogP contribution in [0.25, 0.3) is 0 Å². The van der Waals surface area contributed by atoms with Gasteiger partial charge in [-0.3, -0.25) is 4.99 Å². The van der Waals surface area contributed by atoms with Crippen molar-refractivity contribution in [3.8, 4) is 0 Å². The molecule has 0 spiro atoms. The Hall–Kier alpha value is -0.160. The number of ether oxygens (including phenoxy) is 3. The van der Waals surface area contributed by atoms with E-state index in [4.69, 9.17) is 14.2 Å². The standard InChI is InChI=1S/C20H38N4O3.HI/c1-21-20(22-7-2-10-25-15-18-6-12-27-16-18)23-19-3-8-24(9-4-19)13-17-5-11-26-14-17;/h17-19H,2-16H2,1H3,(H2,21,22,23);1H. The molecular weight excluding hydrogens is 471 g/mol. The predicted octanol–water partition coefficient (Wildman–Crippen LogP) is 1.71. The van der Waals surface area contributed by atoms with Crippen molar-refractivity contribution >= 4 is 29.9 Å². The van der Waals surface area contributed by atoms with Gasteiger partial charge in [0, 0.05) is 65.0 Å². The number of nitrogens with zero attached hydrogens (tertiary/aromatic N) is 2. The normalized spacial score (nSPS) is 27.0. The molecule has 3 fully saturated rings. The topological polar surface area (TPSA) is 67.4 Å². The number of guanidine groups is 1. The highest BCUT2D eigenvalue weighted by Gasteiger charge is 2.24. The Bertz CT molecular complexity index is 435. The molecule has 0 bridgehead atoms. The van der Waals surface area contributed by atoms with Crippen molar-refractivity contribution in [3.63, 3.8) is 0 Å². The second-order valence-electron chi connectivity index (χ2n) is 8.11. The Morgan fingerprint density at radius 2 is 1.79 bits per heavy atom. The molecule has 164 valence electrons. The maximum atomic E-state index is 5.75. The molecule has 0 saturated carbocycles. The van der Waals surface area contributed by atoms with E-state index in [0.717, 1.165) is 70.9 Å². The van der Waals surface area contributed by atoms with Gasteiger partial charge in [0.15, 0.2) is 5.96 Å². The van der Waals surface area contributed by atoms with E-state index in [1.165, 1.54) is 38.9 Å². The molecule has 2 N–H and O–H groups in total. The summed E-state index contributed by atoms with van der Waals surface area (Å²) in [5, 5.41) is 7.00. The lowest BCUT2D eigenvalue weighted by Crippen LogP contribution is -2.49. The Balaban J connectivity index is 0.00000280. The molecule has 3 saturated heterocycles. The highest BCUT2D eigenvalue weighted by molar-refractivity contribution is 14.0. The summed E-state index contributed by atoms with van der Waals surface area (Å²) in [6.45, 7) is 9.72. The molecule has 7 nitrogen and oxygen atoms in total. The molecule has 0 radical (unpaired) electrons. The SMILES string of the molecule is CN=C(NCCCOCC1CCOC1)NC1CCN(CC2CCOC2)CC1.I. The number of rotatable bonds is 9. The lowest BCUT2D eigenvalue weighted by Gasteiger charge is -2.34. The second kappa shape index (κ2) is 14.0. The minimum Gasteiger partial charge on any atom is -0.381 e. The van der Waals surface area contributed by atoms with Gasteiger partial charge >= 0.3 is 0 Å². The molecule has 2 unspecified atom stereocenters. The van der Waals surface area contributed by atoms with Crippen LogP contribution >= 0.6 is 24.0 Å². The van der Waals surface area contributed by atoms with E-state index in [0.29, 0.717) is 12.0 Å². The molecule has 0 aromatic carbocycles. The lowest BCUT2D eigenvalue weighted by atomic mass is 10.0. The van der Waals surface area contributed by atoms with Gasteiger partial charge in [-0.1, -0.05) is 0 Å². The first kappa shape index (κ1) is 24.1. The van der Waals surface area contributed by atoms with Gasteiger partial charge in [0.2, 0.25) is 0 Å². The molecule has 0 aromatic rings. The molecule has 0 aliphatic carbocycles. The third-order valence-corrected chi connectivity index (χ3v) is 5.83. The fraction of sp³-hybridized carbons (Fsp3) is 0.950. The zero-order valence-electron chi connectivity index (χ0n) is 17.4. The number of hydrogen-bond acceptors (Lipinski definition) is 5. The van der Waals surface area contributed by atoms with Crippen LogP contribution in [0.4, 0.5) is 0 Å². The third-order valence-electron chi connectivity index (χ3n) is 5.83. The summed E-state index contributed by atoms with van der Waals surface area (Å²) in [4.78, 5) is 6.97. The molecule has 2 atom stereocenters. The van der Waals surface area contributed by atoms with E-state index in [1.54, 1.807) is 0 Å². The van der Waals surface area contributed by atoms with Crippen molar-refractivity contribution in [3.05, 3.63) is 0 Å². The van der Waals surface area contributed by atoms with Gasteiger partial charge in [-0.2, -0.15) is 0 Å². The molecular formula is C20H39IN4O3. The van der Waals surface area contributed by atoms with E-state index in [1.807, 2.05) is 7.05 Å². The largest absolute Gasteiger partial charge is 0.381 e. The highest BCUT2D eigenvalue weighted by atomic mass is 127. The van der Waals surface area contributed by atoms with Crippen LogP contribution in [0.2, 0.25) is 0 Å².